The number of aryl methyl sites for hydroxylation is 1. The monoisotopic (exact) mass is 337 g/mol. The van der Waals surface area contributed by atoms with Crippen LogP contribution in [0, 0.1) is 6.92 Å². The van der Waals surface area contributed by atoms with Crippen molar-refractivity contribution < 1.29 is 18.7 Å². The first-order valence-electron chi connectivity index (χ1n) is 7.48. The van der Waals surface area contributed by atoms with Crippen molar-refractivity contribution in [3.63, 3.8) is 0 Å². The number of thioether (sulfide) groups is 1. The lowest BCUT2D eigenvalue weighted by molar-refractivity contribution is -0.137. The van der Waals surface area contributed by atoms with Crippen LogP contribution in [0.4, 0.5) is 0 Å². The van der Waals surface area contributed by atoms with Crippen LogP contribution in [-0.4, -0.2) is 46.3 Å². The van der Waals surface area contributed by atoms with E-state index in [4.69, 9.17) is 9.15 Å². The highest BCUT2D eigenvalue weighted by molar-refractivity contribution is 7.99. The van der Waals surface area contributed by atoms with Gasteiger partial charge in [-0.15, -0.1) is 10.2 Å². The molecule has 1 atom stereocenters. The predicted octanol–water partition coefficient (Wildman–Crippen LogP) is 2.29. The van der Waals surface area contributed by atoms with Crippen LogP contribution in [0.5, 0.6) is 0 Å². The zero-order chi connectivity index (χ0) is 16.2. The van der Waals surface area contributed by atoms with E-state index in [1.165, 1.54) is 18.9 Å². The van der Waals surface area contributed by atoms with E-state index in [0.29, 0.717) is 11.7 Å². The maximum absolute atomic E-state index is 11.4. The lowest BCUT2D eigenvalue weighted by Gasteiger charge is -2.14. The molecular formula is C15H19N3O4S. The molecule has 0 radical (unpaired) electrons. The quantitative estimate of drug-likeness (QED) is 0.591. The summed E-state index contributed by atoms with van der Waals surface area (Å²) in [6.45, 7) is 3.34. The average Bonchev–Trinajstić information content (AvgIpc) is 3.27. The van der Waals surface area contributed by atoms with Gasteiger partial charge in [0.05, 0.1) is 37.3 Å². The Labute approximate surface area is 138 Å². The number of carbonyl (C=O) groups is 1. The lowest BCUT2D eigenvalue weighted by Crippen LogP contribution is -2.17. The summed E-state index contributed by atoms with van der Waals surface area (Å²) >= 11 is 1.32. The van der Waals surface area contributed by atoms with Crippen molar-refractivity contribution in [1.82, 2.24) is 14.8 Å². The van der Waals surface area contributed by atoms with Crippen LogP contribution in [0.15, 0.2) is 21.9 Å². The minimum atomic E-state index is -0.289. The summed E-state index contributed by atoms with van der Waals surface area (Å²) in [4.78, 5) is 11.4. The number of furan rings is 1. The van der Waals surface area contributed by atoms with Gasteiger partial charge in [-0.25, -0.2) is 0 Å². The molecule has 0 aromatic carbocycles. The first-order valence-corrected chi connectivity index (χ1v) is 8.46. The van der Waals surface area contributed by atoms with Crippen LogP contribution >= 0.6 is 11.8 Å². The van der Waals surface area contributed by atoms with Crippen molar-refractivity contribution in [3.05, 3.63) is 18.1 Å². The molecule has 3 rings (SSSR count). The Balaban J connectivity index is 1.87. The maximum Gasteiger partial charge on any atom is 0.316 e. The molecule has 1 fully saturated rings. The van der Waals surface area contributed by atoms with Gasteiger partial charge >= 0.3 is 5.97 Å². The summed E-state index contributed by atoms with van der Waals surface area (Å²) in [5.74, 6) is 1.43. The van der Waals surface area contributed by atoms with Crippen LogP contribution in [-0.2, 0) is 20.8 Å². The second kappa shape index (κ2) is 7.18. The van der Waals surface area contributed by atoms with Crippen LogP contribution < -0.4 is 0 Å². The Bertz CT molecular complexity index is 676. The summed E-state index contributed by atoms with van der Waals surface area (Å²) in [5, 5.41) is 9.20. The summed E-state index contributed by atoms with van der Waals surface area (Å²) in [5.41, 5.74) is 0.903. The number of hydrogen-bond donors (Lipinski definition) is 0. The zero-order valence-corrected chi connectivity index (χ0v) is 14.0. The smallest absolute Gasteiger partial charge is 0.316 e. The molecule has 0 unspecified atom stereocenters. The van der Waals surface area contributed by atoms with Crippen molar-refractivity contribution in [2.45, 2.75) is 37.6 Å². The van der Waals surface area contributed by atoms with E-state index in [-0.39, 0.29) is 17.8 Å². The highest BCUT2D eigenvalue weighted by atomic mass is 32.2. The van der Waals surface area contributed by atoms with Crippen molar-refractivity contribution >= 4 is 17.7 Å². The maximum atomic E-state index is 11.4. The van der Waals surface area contributed by atoms with E-state index in [9.17, 15) is 4.79 Å². The summed E-state index contributed by atoms with van der Waals surface area (Å²) in [7, 11) is 1.38. The Morgan fingerprint density at radius 3 is 3.04 bits per heavy atom. The molecule has 7 nitrogen and oxygen atoms in total. The standard InChI is InChI=1S/C15H19N3O4S/c1-10-12(5-7-21-10)14-16-17-15(23-9-13(19)20-2)18(14)8-11-4-3-6-22-11/h5,7,11H,3-4,6,8-9H2,1-2H3/t11-/m0/s1. The molecule has 0 saturated carbocycles. The third-order valence-corrected chi connectivity index (χ3v) is 4.71. The summed E-state index contributed by atoms with van der Waals surface area (Å²) in [6, 6.07) is 1.88. The van der Waals surface area contributed by atoms with E-state index in [2.05, 4.69) is 14.9 Å². The number of rotatable bonds is 6. The van der Waals surface area contributed by atoms with Crippen molar-refractivity contribution in [1.29, 1.82) is 0 Å². The second-order valence-electron chi connectivity index (χ2n) is 5.31. The van der Waals surface area contributed by atoms with Gasteiger partial charge in [-0.05, 0) is 25.8 Å². The molecule has 8 heteroatoms. The number of aromatic nitrogens is 3. The Morgan fingerprint density at radius 2 is 2.39 bits per heavy atom. The van der Waals surface area contributed by atoms with Gasteiger partial charge in [0.1, 0.15) is 5.76 Å². The fraction of sp³-hybridized carbons (Fsp3) is 0.533. The fourth-order valence-corrected chi connectivity index (χ4v) is 3.33. The number of ether oxygens (including phenoxy) is 2. The van der Waals surface area contributed by atoms with E-state index in [1.54, 1.807) is 6.26 Å². The van der Waals surface area contributed by atoms with E-state index in [0.717, 1.165) is 36.6 Å². The van der Waals surface area contributed by atoms with Crippen LogP contribution in [0.3, 0.4) is 0 Å². The largest absolute Gasteiger partial charge is 0.469 e. The Hall–Kier alpha value is -1.80. The van der Waals surface area contributed by atoms with Gasteiger partial charge in [0.2, 0.25) is 0 Å². The zero-order valence-electron chi connectivity index (χ0n) is 13.2. The molecule has 1 aliphatic heterocycles. The van der Waals surface area contributed by atoms with Gasteiger partial charge in [-0.2, -0.15) is 0 Å². The van der Waals surface area contributed by atoms with Crippen LogP contribution in [0.2, 0.25) is 0 Å². The molecule has 0 bridgehead atoms. The number of carbonyl (C=O) groups excluding carboxylic acids is 1. The normalized spacial score (nSPS) is 17.6. The van der Waals surface area contributed by atoms with Crippen molar-refractivity contribution in [2.75, 3.05) is 19.5 Å². The molecule has 0 spiro atoms. The molecule has 0 amide bonds. The SMILES string of the molecule is COC(=O)CSc1nnc(-c2ccoc2C)n1C[C@@H]1CCCO1. The van der Waals surface area contributed by atoms with Gasteiger partial charge in [0.15, 0.2) is 11.0 Å². The first kappa shape index (κ1) is 16.1. The second-order valence-corrected chi connectivity index (χ2v) is 6.25. The molecule has 1 aliphatic rings. The number of nitrogens with zero attached hydrogens (tertiary/aromatic N) is 3. The third kappa shape index (κ3) is 3.59. The molecule has 1 saturated heterocycles. The number of hydrogen-bond acceptors (Lipinski definition) is 7. The molecule has 23 heavy (non-hydrogen) atoms. The Morgan fingerprint density at radius 1 is 1.52 bits per heavy atom. The van der Waals surface area contributed by atoms with Gasteiger partial charge in [0, 0.05) is 6.61 Å². The predicted molar refractivity (Wildman–Crippen MR) is 84.2 cm³/mol. The van der Waals surface area contributed by atoms with Crippen molar-refractivity contribution in [2.24, 2.45) is 0 Å². The molecule has 0 N–H and O–H groups in total. The topological polar surface area (TPSA) is 79.4 Å². The number of methoxy groups -OCH3 is 1. The highest BCUT2D eigenvalue weighted by Gasteiger charge is 2.23. The average molecular weight is 337 g/mol. The van der Waals surface area contributed by atoms with Gasteiger partial charge in [-0.1, -0.05) is 11.8 Å². The van der Waals surface area contributed by atoms with Gasteiger partial charge in [-0.3, -0.25) is 9.36 Å². The molecular weight excluding hydrogens is 318 g/mol. The van der Waals surface area contributed by atoms with E-state index >= 15 is 0 Å². The van der Waals surface area contributed by atoms with Crippen LogP contribution in [0.25, 0.3) is 11.4 Å². The van der Waals surface area contributed by atoms with Gasteiger partial charge in [0.25, 0.3) is 0 Å². The molecule has 2 aromatic heterocycles. The lowest BCUT2D eigenvalue weighted by atomic mass is 10.2. The summed E-state index contributed by atoms with van der Waals surface area (Å²) < 4.78 is 17.8. The number of esters is 1. The third-order valence-electron chi connectivity index (χ3n) is 3.77. The van der Waals surface area contributed by atoms with Crippen molar-refractivity contribution in [3.8, 4) is 11.4 Å². The van der Waals surface area contributed by atoms with Gasteiger partial charge < -0.3 is 13.9 Å². The minimum Gasteiger partial charge on any atom is -0.469 e. The van der Waals surface area contributed by atoms with Crippen LogP contribution in [0.1, 0.15) is 18.6 Å². The summed E-state index contributed by atoms with van der Waals surface area (Å²) in [6.07, 6.45) is 3.87. The molecule has 124 valence electrons. The highest BCUT2D eigenvalue weighted by Crippen LogP contribution is 2.28. The molecule has 0 aliphatic carbocycles. The molecule has 3 heterocycles. The van der Waals surface area contributed by atoms with E-state index < -0.39 is 0 Å². The minimum absolute atomic E-state index is 0.148. The van der Waals surface area contributed by atoms with E-state index in [1.807, 2.05) is 17.6 Å². The Kier molecular flexibility index (Phi) is 5.02. The molecule has 2 aromatic rings. The first-order chi connectivity index (χ1) is 11.2. The fourth-order valence-electron chi connectivity index (χ4n) is 2.55.